The van der Waals surface area contributed by atoms with Gasteiger partial charge in [0.1, 0.15) is 5.75 Å². The van der Waals surface area contributed by atoms with Crippen LogP contribution in [-0.4, -0.2) is 45.3 Å². The number of carbonyl (C=O) groups excluding carboxylic acids is 2. The lowest BCUT2D eigenvalue weighted by molar-refractivity contribution is 0.0485. The van der Waals surface area contributed by atoms with Crippen molar-refractivity contribution >= 4 is 28.5 Å². The summed E-state index contributed by atoms with van der Waals surface area (Å²) in [4.78, 5) is 29.4. The number of aryl methyl sites for hydroxylation is 1. The van der Waals surface area contributed by atoms with Crippen LogP contribution in [0.4, 0.5) is 10.5 Å². The van der Waals surface area contributed by atoms with Crippen LogP contribution in [0.2, 0.25) is 0 Å². The van der Waals surface area contributed by atoms with E-state index in [1.165, 1.54) is 51.4 Å². The maximum absolute atomic E-state index is 14.5. The SMILES string of the molecule is CCCCCCCCC(CCCCCC)CN(C(=O)n1nnc(C)c1C(=O)OCCCCC)c1cccc2c(O)cccc12. The van der Waals surface area contributed by atoms with Crippen molar-refractivity contribution in [1.29, 1.82) is 0 Å². The maximum atomic E-state index is 14.5. The van der Waals surface area contributed by atoms with Crippen molar-refractivity contribution in [2.45, 2.75) is 124 Å². The second-order valence-corrected chi connectivity index (χ2v) is 12.1. The number of hydrogen-bond acceptors (Lipinski definition) is 6. The Labute approximate surface area is 264 Å². The van der Waals surface area contributed by atoms with E-state index in [1.807, 2.05) is 24.3 Å². The van der Waals surface area contributed by atoms with Crippen molar-refractivity contribution in [2.75, 3.05) is 18.1 Å². The van der Waals surface area contributed by atoms with E-state index < -0.39 is 12.0 Å². The number of anilines is 1. The third kappa shape index (κ3) is 10.1. The number of esters is 1. The predicted molar refractivity (Wildman–Crippen MR) is 179 cm³/mol. The van der Waals surface area contributed by atoms with Crippen LogP contribution in [0, 0.1) is 12.8 Å². The average molecular weight is 607 g/mol. The van der Waals surface area contributed by atoms with Gasteiger partial charge in [-0.3, -0.25) is 4.90 Å². The van der Waals surface area contributed by atoms with Gasteiger partial charge in [-0.2, -0.15) is 4.68 Å². The molecule has 242 valence electrons. The van der Waals surface area contributed by atoms with Crippen LogP contribution in [0.5, 0.6) is 5.75 Å². The number of benzene rings is 2. The molecule has 1 atom stereocenters. The molecule has 0 saturated heterocycles. The van der Waals surface area contributed by atoms with Crippen LogP contribution in [-0.2, 0) is 4.74 Å². The molecule has 0 aliphatic rings. The molecule has 0 saturated carbocycles. The topological polar surface area (TPSA) is 97.6 Å². The van der Waals surface area contributed by atoms with Crippen LogP contribution < -0.4 is 4.90 Å². The summed E-state index contributed by atoms with van der Waals surface area (Å²) in [6, 6.07) is 10.5. The molecule has 8 nitrogen and oxygen atoms in total. The van der Waals surface area contributed by atoms with E-state index >= 15 is 0 Å². The molecule has 1 N–H and O–H groups in total. The van der Waals surface area contributed by atoms with E-state index in [0.717, 1.165) is 55.0 Å². The summed E-state index contributed by atoms with van der Waals surface area (Å²) in [5.74, 6) is -0.146. The molecule has 1 unspecified atom stereocenters. The van der Waals surface area contributed by atoms with Gasteiger partial charge in [0, 0.05) is 17.3 Å². The Morgan fingerprint density at radius 3 is 2.11 bits per heavy atom. The molecule has 2 aromatic carbocycles. The van der Waals surface area contributed by atoms with Crippen LogP contribution in [0.1, 0.15) is 133 Å². The molecule has 44 heavy (non-hydrogen) atoms. The second kappa shape index (κ2) is 19.1. The van der Waals surface area contributed by atoms with Crippen LogP contribution >= 0.6 is 0 Å². The first-order valence-electron chi connectivity index (χ1n) is 17.0. The molecule has 0 aliphatic heterocycles. The Morgan fingerprint density at radius 2 is 1.41 bits per heavy atom. The number of rotatable bonds is 20. The fourth-order valence-corrected chi connectivity index (χ4v) is 5.87. The predicted octanol–water partition coefficient (Wildman–Crippen LogP) is 9.60. The van der Waals surface area contributed by atoms with E-state index in [9.17, 15) is 14.7 Å². The van der Waals surface area contributed by atoms with Gasteiger partial charge in [0.05, 0.1) is 18.0 Å². The highest BCUT2D eigenvalue weighted by molar-refractivity contribution is 6.06. The van der Waals surface area contributed by atoms with Crippen molar-refractivity contribution in [2.24, 2.45) is 5.92 Å². The third-order valence-corrected chi connectivity index (χ3v) is 8.46. The molecule has 3 aromatic rings. The van der Waals surface area contributed by atoms with Gasteiger partial charge in [0.15, 0.2) is 5.69 Å². The number of nitrogens with zero attached hydrogens (tertiary/aromatic N) is 4. The van der Waals surface area contributed by atoms with Gasteiger partial charge in [-0.1, -0.05) is 127 Å². The number of phenols is 1. The third-order valence-electron chi connectivity index (χ3n) is 8.46. The van der Waals surface area contributed by atoms with Crippen molar-refractivity contribution in [3.8, 4) is 5.75 Å². The smallest absolute Gasteiger partial charge is 0.359 e. The summed E-state index contributed by atoms with van der Waals surface area (Å²) in [7, 11) is 0. The van der Waals surface area contributed by atoms with Crippen molar-refractivity contribution in [3.05, 3.63) is 47.8 Å². The zero-order chi connectivity index (χ0) is 31.7. The van der Waals surface area contributed by atoms with Gasteiger partial charge in [-0.25, -0.2) is 9.59 Å². The summed E-state index contributed by atoms with van der Waals surface area (Å²) in [6.45, 7) is 8.99. The summed E-state index contributed by atoms with van der Waals surface area (Å²) in [5.41, 5.74) is 1.10. The molecule has 0 radical (unpaired) electrons. The lowest BCUT2D eigenvalue weighted by Crippen LogP contribution is -2.40. The minimum Gasteiger partial charge on any atom is -0.507 e. The summed E-state index contributed by atoms with van der Waals surface area (Å²) < 4.78 is 6.65. The van der Waals surface area contributed by atoms with E-state index in [2.05, 4.69) is 31.1 Å². The Morgan fingerprint density at radius 1 is 0.818 bits per heavy atom. The highest BCUT2D eigenvalue weighted by Gasteiger charge is 2.30. The molecular weight excluding hydrogens is 552 g/mol. The summed E-state index contributed by atoms with van der Waals surface area (Å²) >= 11 is 0. The first-order valence-corrected chi connectivity index (χ1v) is 17.0. The Hall–Kier alpha value is -3.42. The number of aromatic hydroxyl groups is 1. The van der Waals surface area contributed by atoms with Gasteiger partial charge in [-0.05, 0) is 44.2 Å². The van der Waals surface area contributed by atoms with Crippen molar-refractivity contribution < 1.29 is 19.4 Å². The summed E-state index contributed by atoms with van der Waals surface area (Å²) in [6.07, 6.45) is 16.8. The molecule has 0 bridgehead atoms. The number of aromatic nitrogens is 3. The van der Waals surface area contributed by atoms with Crippen LogP contribution in [0.25, 0.3) is 10.8 Å². The Kier molecular flexibility index (Phi) is 15.2. The number of phenolic OH excluding ortho intramolecular Hbond substituents is 1. The molecule has 3 rings (SSSR count). The lowest BCUT2D eigenvalue weighted by atomic mass is 9.93. The van der Waals surface area contributed by atoms with Crippen molar-refractivity contribution in [1.82, 2.24) is 15.0 Å². The van der Waals surface area contributed by atoms with E-state index in [4.69, 9.17) is 4.74 Å². The van der Waals surface area contributed by atoms with Gasteiger partial charge in [0.25, 0.3) is 0 Å². The maximum Gasteiger partial charge on any atom is 0.359 e. The second-order valence-electron chi connectivity index (χ2n) is 12.1. The zero-order valence-corrected chi connectivity index (χ0v) is 27.5. The van der Waals surface area contributed by atoms with Gasteiger partial charge in [0.2, 0.25) is 0 Å². The van der Waals surface area contributed by atoms with Gasteiger partial charge < -0.3 is 9.84 Å². The van der Waals surface area contributed by atoms with E-state index in [1.54, 1.807) is 24.0 Å². The molecule has 8 heteroatoms. The minimum atomic E-state index is -0.587. The van der Waals surface area contributed by atoms with Gasteiger partial charge in [-0.15, -0.1) is 5.10 Å². The number of amides is 1. The average Bonchev–Trinajstić information content (AvgIpc) is 3.42. The normalized spacial score (nSPS) is 12.0. The van der Waals surface area contributed by atoms with E-state index in [0.29, 0.717) is 23.3 Å². The highest BCUT2D eigenvalue weighted by Crippen LogP contribution is 2.34. The number of fused-ring (bicyclic) bond motifs is 1. The molecule has 1 heterocycles. The minimum absolute atomic E-state index is 0.0648. The fraction of sp³-hybridized carbons (Fsp3) is 0.611. The highest BCUT2D eigenvalue weighted by atomic mass is 16.5. The van der Waals surface area contributed by atoms with E-state index in [-0.39, 0.29) is 24.0 Å². The van der Waals surface area contributed by atoms with Gasteiger partial charge >= 0.3 is 12.0 Å². The molecular formula is C36H54N4O4. The summed E-state index contributed by atoms with van der Waals surface area (Å²) in [5, 5.41) is 20.3. The molecule has 1 aromatic heterocycles. The molecule has 0 fully saturated rings. The Bertz CT molecular complexity index is 1300. The largest absolute Gasteiger partial charge is 0.507 e. The number of hydrogen-bond donors (Lipinski definition) is 1. The van der Waals surface area contributed by atoms with Crippen molar-refractivity contribution in [3.63, 3.8) is 0 Å². The first kappa shape index (κ1) is 35.1. The fourth-order valence-electron chi connectivity index (χ4n) is 5.87. The first-order chi connectivity index (χ1) is 21.4. The van der Waals surface area contributed by atoms with Crippen LogP contribution in [0.3, 0.4) is 0 Å². The lowest BCUT2D eigenvalue weighted by Gasteiger charge is -2.29. The molecule has 0 aliphatic carbocycles. The monoisotopic (exact) mass is 606 g/mol. The Balaban J connectivity index is 1.96. The molecule has 1 amide bonds. The number of ether oxygens (including phenoxy) is 1. The molecule has 0 spiro atoms. The number of unbranched alkanes of at least 4 members (excludes halogenated alkanes) is 10. The number of carbonyl (C=O) groups is 2. The zero-order valence-electron chi connectivity index (χ0n) is 27.5. The standard InChI is InChI=1S/C36H54N4O4/c1-5-8-11-13-14-16-21-29(20-15-12-9-6-2)27-39(32-24-18-23-31-30(32)22-19-25-33(31)41)36(43)40-34(28(4)37-38-40)35(42)44-26-17-10-7-3/h18-19,22-25,29,41H,5-17,20-21,26-27H2,1-4H3. The van der Waals surface area contributed by atoms with Crippen LogP contribution in [0.15, 0.2) is 36.4 Å². The quantitative estimate of drug-likeness (QED) is 0.102.